The zero-order chi connectivity index (χ0) is 13.1. The Morgan fingerprint density at radius 3 is 2.67 bits per heavy atom. The molecule has 0 bridgehead atoms. The molecule has 1 aromatic carbocycles. The fraction of sp³-hybridized carbons (Fsp3) is 0.0769. The molecule has 1 N–H and O–H groups in total. The summed E-state index contributed by atoms with van der Waals surface area (Å²) < 4.78 is 1.79. The van der Waals surface area contributed by atoms with Crippen LogP contribution >= 0.6 is 31.9 Å². The smallest absolute Gasteiger partial charge is 0.256 e. The minimum absolute atomic E-state index is 0.175. The van der Waals surface area contributed by atoms with Crippen molar-refractivity contribution in [3.05, 3.63) is 56.6 Å². The van der Waals surface area contributed by atoms with Crippen molar-refractivity contribution in [2.75, 3.05) is 5.32 Å². The maximum atomic E-state index is 12.0. The van der Waals surface area contributed by atoms with Gasteiger partial charge in [0.25, 0.3) is 5.91 Å². The number of rotatable bonds is 2. The summed E-state index contributed by atoms with van der Waals surface area (Å²) in [5.41, 5.74) is 1.42. The number of halogens is 2. The van der Waals surface area contributed by atoms with E-state index in [0.717, 1.165) is 14.6 Å². The highest BCUT2D eigenvalue weighted by molar-refractivity contribution is 9.10. The van der Waals surface area contributed by atoms with Crippen LogP contribution in [0.15, 0.2) is 45.3 Å². The summed E-state index contributed by atoms with van der Waals surface area (Å²) in [6, 6.07) is 10.8. The summed E-state index contributed by atoms with van der Waals surface area (Å²) >= 11 is 6.70. The normalized spacial score (nSPS) is 10.2. The van der Waals surface area contributed by atoms with Crippen LogP contribution in [0.2, 0.25) is 0 Å². The molecule has 0 unspecified atom stereocenters. The quantitative estimate of drug-likeness (QED) is 0.863. The van der Waals surface area contributed by atoms with Gasteiger partial charge >= 0.3 is 0 Å². The molecule has 0 aliphatic carbocycles. The van der Waals surface area contributed by atoms with Crippen LogP contribution in [0.25, 0.3) is 0 Å². The lowest BCUT2D eigenvalue weighted by Gasteiger charge is -2.06. The number of aryl methyl sites for hydroxylation is 1. The second-order valence-electron chi connectivity index (χ2n) is 3.73. The summed E-state index contributed by atoms with van der Waals surface area (Å²) in [5.74, 6) is 0.367. The van der Waals surface area contributed by atoms with Crippen LogP contribution in [0.1, 0.15) is 16.1 Å². The Hall–Kier alpha value is -1.20. The molecular weight excluding hydrogens is 360 g/mol. The first-order valence-corrected chi connectivity index (χ1v) is 6.85. The van der Waals surface area contributed by atoms with Gasteiger partial charge in [0.2, 0.25) is 0 Å². The van der Waals surface area contributed by atoms with Gasteiger partial charge in [-0.25, -0.2) is 4.98 Å². The van der Waals surface area contributed by atoms with Crippen LogP contribution < -0.4 is 5.32 Å². The third-order valence-corrected chi connectivity index (χ3v) is 3.68. The van der Waals surface area contributed by atoms with Gasteiger partial charge in [-0.05, 0) is 53.2 Å². The molecule has 0 aliphatic rings. The Morgan fingerprint density at radius 1 is 1.22 bits per heavy atom. The lowest BCUT2D eigenvalue weighted by molar-refractivity contribution is 0.102. The minimum Gasteiger partial charge on any atom is -0.307 e. The van der Waals surface area contributed by atoms with Crippen LogP contribution in [0.3, 0.4) is 0 Å². The SMILES string of the molecule is Cc1nc(NC(=O)c2cccc(Br)c2)ccc1Br. The Bertz CT molecular complexity index is 599. The van der Waals surface area contributed by atoms with Crippen LogP contribution in [0, 0.1) is 6.92 Å². The maximum Gasteiger partial charge on any atom is 0.256 e. The number of nitrogens with one attached hydrogen (secondary N) is 1. The molecule has 0 saturated heterocycles. The van der Waals surface area contributed by atoms with Crippen LogP contribution in [0.5, 0.6) is 0 Å². The van der Waals surface area contributed by atoms with Crippen LogP contribution in [-0.4, -0.2) is 10.9 Å². The van der Waals surface area contributed by atoms with Crippen LogP contribution in [-0.2, 0) is 0 Å². The number of hydrogen-bond acceptors (Lipinski definition) is 2. The molecular formula is C13H10Br2N2O. The molecule has 0 spiro atoms. The molecule has 1 aromatic heterocycles. The number of aromatic nitrogens is 1. The van der Waals surface area contributed by atoms with Gasteiger partial charge in [-0.1, -0.05) is 22.0 Å². The van der Waals surface area contributed by atoms with E-state index >= 15 is 0 Å². The lowest BCUT2D eigenvalue weighted by Crippen LogP contribution is -2.13. The van der Waals surface area contributed by atoms with Gasteiger partial charge in [-0.2, -0.15) is 0 Å². The third kappa shape index (κ3) is 3.17. The summed E-state index contributed by atoms with van der Waals surface area (Å²) in [4.78, 5) is 16.2. The molecule has 92 valence electrons. The van der Waals surface area contributed by atoms with Gasteiger partial charge in [0.1, 0.15) is 5.82 Å². The predicted octanol–water partition coefficient (Wildman–Crippen LogP) is 4.17. The van der Waals surface area contributed by atoms with Crippen LogP contribution in [0.4, 0.5) is 5.82 Å². The Balaban J connectivity index is 2.18. The highest BCUT2D eigenvalue weighted by atomic mass is 79.9. The van der Waals surface area contributed by atoms with Crippen molar-refractivity contribution >= 4 is 43.6 Å². The molecule has 3 nitrogen and oxygen atoms in total. The largest absolute Gasteiger partial charge is 0.307 e. The predicted molar refractivity (Wildman–Crippen MR) is 78.8 cm³/mol. The molecule has 0 radical (unpaired) electrons. The average Bonchev–Trinajstić information content (AvgIpc) is 2.34. The second-order valence-corrected chi connectivity index (χ2v) is 5.50. The van der Waals surface area contributed by atoms with E-state index in [1.165, 1.54) is 0 Å². The zero-order valence-electron chi connectivity index (χ0n) is 9.58. The number of pyridine rings is 1. The first-order valence-electron chi connectivity index (χ1n) is 5.26. The summed E-state index contributed by atoms with van der Waals surface area (Å²) in [7, 11) is 0. The van der Waals surface area contributed by atoms with Crippen molar-refractivity contribution in [1.82, 2.24) is 4.98 Å². The van der Waals surface area contributed by atoms with E-state index in [-0.39, 0.29) is 5.91 Å². The lowest BCUT2D eigenvalue weighted by atomic mass is 10.2. The molecule has 18 heavy (non-hydrogen) atoms. The fourth-order valence-corrected chi connectivity index (χ4v) is 2.05. The molecule has 1 heterocycles. The molecule has 0 saturated carbocycles. The minimum atomic E-state index is -0.175. The van der Waals surface area contributed by atoms with Crippen molar-refractivity contribution in [2.24, 2.45) is 0 Å². The Morgan fingerprint density at radius 2 is 2.00 bits per heavy atom. The van der Waals surface area contributed by atoms with Gasteiger partial charge in [0.05, 0.1) is 5.69 Å². The molecule has 0 fully saturated rings. The molecule has 5 heteroatoms. The van der Waals surface area contributed by atoms with Gasteiger partial charge in [-0.15, -0.1) is 0 Å². The number of anilines is 1. The molecule has 0 atom stereocenters. The Kier molecular flexibility index (Phi) is 4.14. The van der Waals surface area contributed by atoms with E-state index in [9.17, 15) is 4.79 Å². The van der Waals surface area contributed by atoms with E-state index in [0.29, 0.717) is 11.4 Å². The van der Waals surface area contributed by atoms with Crippen molar-refractivity contribution in [1.29, 1.82) is 0 Å². The number of nitrogens with zero attached hydrogens (tertiary/aromatic N) is 1. The standard InChI is InChI=1S/C13H10Br2N2O/c1-8-11(15)5-6-12(16-8)17-13(18)9-3-2-4-10(14)7-9/h2-7H,1H3,(H,16,17,18). The molecule has 1 amide bonds. The van der Waals surface area contributed by atoms with Gasteiger partial charge < -0.3 is 5.32 Å². The third-order valence-electron chi connectivity index (χ3n) is 2.35. The number of carbonyl (C=O) groups excluding carboxylic acids is 1. The van der Waals surface area contributed by atoms with Crippen molar-refractivity contribution < 1.29 is 4.79 Å². The van der Waals surface area contributed by atoms with Gasteiger partial charge in [0.15, 0.2) is 0 Å². The van der Waals surface area contributed by atoms with Gasteiger partial charge in [-0.3, -0.25) is 4.79 Å². The van der Waals surface area contributed by atoms with E-state index in [2.05, 4.69) is 42.2 Å². The number of amides is 1. The number of benzene rings is 1. The summed E-state index contributed by atoms with van der Waals surface area (Å²) in [6.45, 7) is 1.87. The zero-order valence-corrected chi connectivity index (χ0v) is 12.7. The highest BCUT2D eigenvalue weighted by Crippen LogP contribution is 2.17. The molecule has 2 rings (SSSR count). The fourth-order valence-electron chi connectivity index (χ4n) is 1.43. The van der Waals surface area contributed by atoms with E-state index in [4.69, 9.17) is 0 Å². The summed E-state index contributed by atoms with van der Waals surface area (Å²) in [5, 5.41) is 2.76. The molecule has 2 aromatic rings. The van der Waals surface area contributed by atoms with Gasteiger partial charge in [0, 0.05) is 14.5 Å². The van der Waals surface area contributed by atoms with Crippen molar-refractivity contribution in [2.45, 2.75) is 6.92 Å². The Labute approximate surface area is 122 Å². The second kappa shape index (κ2) is 5.63. The first kappa shape index (κ1) is 13.2. The average molecular weight is 370 g/mol. The highest BCUT2D eigenvalue weighted by Gasteiger charge is 2.07. The van der Waals surface area contributed by atoms with E-state index < -0.39 is 0 Å². The maximum absolute atomic E-state index is 12.0. The van der Waals surface area contributed by atoms with Crippen molar-refractivity contribution in [3.8, 4) is 0 Å². The number of hydrogen-bond donors (Lipinski definition) is 1. The van der Waals surface area contributed by atoms with Crippen molar-refractivity contribution in [3.63, 3.8) is 0 Å². The van der Waals surface area contributed by atoms with E-state index in [1.54, 1.807) is 18.2 Å². The topological polar surface area (TPSA) is 42.0 Å². The first-order chi connectivity index (χ1) is 8.56. The number of carbonyl (C=O) groups is 1. The monoisotopic (exact) mass is 368 g/mol. The molecule has 0 aliphatic heterocycles. The van der Waals surface area contributed by atoms with E-state index in [1.807, 2.05) is 25.1 Å². The summed E-state index contributed by atoms with van der Waals surface area (Å²) in [6.07, 6.45) is 0.